The zero-order valence-electron chi connectivity index (χ0n) is 14.9. The molecule has 142 valence electrons. The molecule has 0 aromatic heterocycles. The lowest BCUT2D eigenvalue weighted by atomic mass is 10.1. The van der Waals surface area contributed by atoms with Gasteiger partial charge in [0, 0.05) is 25.1 Å². The van der Waals surface area contributed by atoms with Crippen molar-refractivity contribution in [3.05, 3.63) is 66.2 Å². The zero-order chi connectivity index (χ0) is 19.5. The molecule has 27 heavy (non-hydrogen) atoms. The molecule has 0 bridgehead atoms. The van der Waals surface area contributed by atoms with Crippen LogP contribution in [0, 0.1) is 0 Å². The molecular weight excluding hydrogens is 346 g/mol. The molecule has 0 aliphatic heterocycles. The number of para-hydroxylation sites is 1. The number of carboxylic acids is 1. The molecule has 7 nitrogen and oxygen atoms in total. The summed E-state index contributed by atoms with van der Waals surface area (Å²) in [4.78, 5) is 35.2. The average molecular weight is 369 g/mol. The number of urea groups is 1. The minimum absolute atomic E-state index is 0.0256. The van der Waals surface area contributed by atoms with E-state index in [0.29, 0.717) is 18.5 Å². The van der Waals surface area contributed by atoms with Crippen LogP contribution in [0.5, 0.6) is 0 Å². The Balaban J connectivity index is 1.97. The normalized spacial score (nSPS) is 11.3. The van der Waals surface area contributed by atoms with Crippen molar-refractivity contribution in [2.45, 2.75) is 25.3 Å². The van der Waals surface area contributed by atoms with Crippen molar-refractivity contribution < 1.29 is 19.5 Å². The van der Waals surface area contributed by atoms with Crippen LogP contribution in [0.1, 0.15) is 18.4 Å². The van der Waals surface area contributed by atoms with Crippen molar-refractivity contribution in [2.24, 2.45) is 0 Å². The molecule has 0 heterocycles. The van der Waals surface area contributed by atoms with Crippen LogP contribution in [0.2, 0.25) is 0 Å². The van der Waals surface area contributed by atoms with Crippen molar-refractivity contribution in [1.82, 2.24) is 10.6 Å². The Morgan fingerprint density at radius 2 is 1.56 bits per heavy atom. The Labute approximate surface area is 157 Å². The molecule has 2 aromatic carbocycles. The number of nitrogens with one attached hydrogen (secondary N) is 3. The van der Waals surface area contributed by atoms with Gasteiger partial charge in [0.25, 0.3) is 0 Å². The Hall–Kier alpha value is -3.35. The maximum absolute atomic E-state index is 12.6. The van der Waals surface area contributed by atoms with Gasteiger partial charge >= 0.3 is 12.0 Å². The van der Waals surface area contributed by atoms with Crippen molar-refractivity contribution in [2.75, 3.05) is 11.9 Å². The van der Waals surface area contributed by atoms with Crippen LogP contribution in [-0.2, 0) is 16.0 Å². The number of hydrogen-bond acceptors (Lipinski definition) is 3. The monoisotopic (exact) mass is 369 g/mol. The SMILES string of the molecule is O=C(O)CCCNC(=O)N[C@H](Cc1ccccc1)C(=O)Nc1ccccc1. The summed E-state index contributed by atoms with van der Waals surface area (Å²) in [7, 11) is 0. The van der Waals surface area contributed by atoms with E-state index in [0.717, 1.165) is 5.56 Å². The third-order valence-corrected chi connectivity index (χ3v) is 3.80. The lowest BCUT2D eigenvalue weighted by Crippen LogP contribution is -2.49. The zero-order valence-corrected chi connectivity index (χ0v) is 14.9. The molecule has 0 radical (unpaired) electrons. The Bertz CT molecular complexity index is 750. The molecule has 2 aromatic rings. The maximum atomic E-state index is 12.6. The number of benzene rings is 2. The number of aliphatic carboxylic acids is 1. The first-order chi connectivity index (χ1) is 13.0. The highest BCUT2D eigenvalue weighted by atomic mass is 16.4. The molecule has 0 spiro atoms. The Morgan fingerprint density at radius 3 is 2.19 bits per heavy atom. The van der Waals surface area contributed by atoms with Crippen molar-refractivity contribution in [3.8, 4) is 0 Å². The minimum atomic E-state index is -0.915. The maximum Gasteiger partial charge on any atom is 0.315 e. The third kappa shape index (κ3) is 7.60. The summed E-state index contributed by atoms with van der Waals surface area (Å²) in [5.41, 5.74) is 1.56. The lowest BCUT2D eigenvalue weighted by Gasteiger charge is -2.19. The van der Waals surface area contributed by atoms with Gasteiger partial charge in [-0.2, -0.15) is 0 Å². The van der Waals surface area contributed by atoms with E-state index in [4.69, 9.17) is 5.11 Å². The van der Waals surface area contributed by atoms with Crippen LogP contribution in [0.3, 0.4) is 0 Å². The van der Waals surface area contributed by atoms with Gasteiger partial charge in [-0.05, 0) is 24.1 Å². The fraction of sp³-hybridized carbons (Fsp3) is 0.250. The molecule has 7 heteroatoms. The van der Waals surface area contributed by atoms with Crippen LogP contribution in [0.4, 0.5) is 10.5 Å². The van der Waals surface area contributed by atoms with Gasteiger partial charge < -0.3 is 21.1 Å². The van der Waals surface area contributed by atoms with Crippen LogP contribution in [0.15, 0.2) is 60.7 Å². The summed E-state index contributed by atoms with van der Waals surface area (Å²) >= 11 is 0. The van der Waals surface area contributed by atoms with E-state index in [1.165, 1.54) is 0 Å². The molecule has 3 amide bonds. The molecule has 0 saturated carbocycles. The summed E-state index contributed by atoms with van der Waals surface area (Å²) in [5.74, 6) is -1.24. The summed E-state index contributed by atoms with van der Waals surface area (Å²) in [5, 5.41) is 16.7. The number of carboxylic acid groups (broad SMARTS) is 1. The van der Waals surface area contributed by atoms with Gasteiger partial charge in [0.05, 0.1) is 0 Å². The second kappa shape index (κ2) is 10.6. The van der Waals surface area contributed by atoms with E-state index < -0.39 is 18.0 Å². The third-order valence-electron chi connectivity index (χ3n) is 3.80. The van der Waals surface area contributed by atoms with E-state index in [1.54, 1.807) is 12.1 Å². The van der Waals surface area contributed by atoms with Gasteiger partial charge in [-0.3, -0.25) is 9.59 Å². The smallest absolute Gasteiger partial charge is 0.315 e. The minimum Gasteiger partial charge on any atom is -0.481 e. The van der Waals surface area contributed by atoms with E-state index in [-0.39, 0.29) is 18.9 Å². The summed E-state index contributed by atoms with van der Waals surface area (Å²) in [6.45, 7) is 0.219. The molecule has 0 fully saturated rings. The van der Waals surface area contributed by atoms with Gasteiger partial charge in [0.2, 0.25) is 5.91 Å². The molecule has 0 aliphatic carbocycles. The summed E-state index contributed by atoms with van der Waals surface area (Å²) in [6.07, 6.45) is 0.632. The highest BCUT2D eigenvalue weighted by Crippen LogP contribution is 2.09. The number of amides is 3. The predicted octanol–water partition coefficient (Wildman–Crippen LogP) is 2.40. The van der Waals surface area contributed by atoms with Crippen molar-refractivity contribution in [3.63, 3.8) is 0 Å². The second-order valence-electron chi connectivity index (χ2n) is 6.00. The number of rotatable bonds is 9. The molecule has 2 rings (SSSR count). The van der Waals surface area contributed by atoms with Gasteiger partial charge in [-0.1, -0.05) is 48.5 Å². The number of anilines is 1. The summed E-state index contributed by atoms with van der Waals surface area (Å²) in [6, 6.07) is 17.1. The number of carbonyl (C=O) groups excluding carboxylic acids is 2. The molecular formula is C20H23N3O4. The highest BCUT2D eigenvalue weighted by molar-refractivity contribution is 5.97. The molecule has 1 atom stereocenters. The number of hydrogen-bond donors (Lipinski definition) is 4. The van der Waals surface area contributed by atoms with E-state index in [2.05, 4.69) is 16.0 Å². The predicted molar refractivity (Wildman–Crippen MR) is 102 cm³/mol. The van der Waals surface area contributed by atoms with E-state index in [1.807, 2.05) is 48.5 Å². The van der Waals surface area contributed by atoms with Crippen LogP contribution in [0.25, 0.3) is 0 Å². The van der Waals surface area contributed by atoms with Gasteiger partial charge in [0.15, 0.2) is 0 Å². The average Bonchev–Trinajstić information content (AvgIpc) is 2.66. The molecule has 4 N–H and O–H groups in total. The molecule has 0 unspecified atom stereocenters. The lowest BCUT2D eigenvalue weighted by molar-refractivity contribution is -0.137. The largest absolute Gasteiger partial charge is 0.481 e. The number of carbonyl (C=O) groups is 3. The van der Waals surface area contributed by atoms with Crippen LogP contribution < -0.4 is 16.0 Å². The Kier molecular flexibility index (Phi) is 7.84. The van der Waals surface area contributed by atoms with Gasteiger partial charge in [-0.15, -0.1) is 0 Å². The first-order valence-electron chi connectivity index (χ1n) is 8.70. The quantitative estimate of drug-likeness (QED) is 0.509. The first-order valence-corrected chi connectivity index (χ1v) is 8.70. The topological polar surface area (TPSA) is 108 Å². The van der Waals surface area contributed by atoms with Gasteiger partial charge in [-0.25, -0.2) is 4.79 Å². The van der Waals surface area contributed by atoms with Crippen molar-refractivity contribution in [1.29, 1.82) is 0 Å². The fourth-order valence-electron chi connectivity index (χ4n) is 2.46. The first kappa shape index (κ1) is 20.0. The Morgan fingerprint density at radius 1 is 0.926 bits per heavy atom. The highest BCUT2D eigenvalue weighted by Gasteiger charge is 2.21. The van der Waals surface area contributed by atoms with E-state index >= 15 is 0 Å². The standard InChI is InChI=1S/C20H23N3O4/c24-18(25)12-7-13-21-20(27)23-17(14-15-8-3-1-4-9-15)19(26)22-16-10-5-2-6-11-16/h1-6,8-11,17H,7,12-14H2,(H,22,26)(H,24,25)(H2,21,23,27)/t17-/m1/s1. The van der Waals surface area contributed by atoms with E-state index in [9.17, 15) is 14.4 Å². The molecule has 0 aliphatic rings. The van der Waals surface area contributed by atoms with Crippen molar-refractivity contribution >= 4 is 23.6 Å². The van der Waals surface area contributed by atoms with Crippen LogP contribution >= 0.6 is 0 Å². The van der Waals surface area contributed by atoms with Gasteiger partial charge in [0.1, 0.15) is 6.04 Å². The van der Waals surface area contributed by atoms with Crippen LogP contribution in [-0.4, -0.2) is 35.6 Å². The molecule has 0 saturated heterocycles. The second-order valence-corrected chi connectivity index (χ2v) is 6.00. The summed E-state index contributed by atoms with van der Waals surface area (Å²) < 4.78 is 0. The fourth-order valence-corrected chi connectivity index (χ4v) is 2.46.